The molecule has 6 heteroatoms. The van der Waals surface area contributed by atoms with E-state index in [0.717, 1.165) is 32.1 Å². The molecule has 2 rings (SSSR count). The molecule has 0 heterocycles. The van der Waals surface area contributed by atoms with Crippen molar-refractivity contribution in [2.45, 2.75) is 56.5 Å². The quantitative estimate of drug-likeness (QED) is 0.572. The molecule has 0 aromatic carbocycles. The summed E-state index contributed by atoms with van der Waals surface area (Å²) in [7, 11) is 0. The predicted octanol–water partition coefficient (Wildman–Crippen LogP) is 0.541. The van der Waals surface area contributed by atoms with Crippen molar-refractivity contribution >= 4 is 11.9 Å². The topological polar surface area (TPSA) is 127 Å². The third kappa shape index (κ3) is 3.68. The summed E-state index contributed by atoms with van der Waals surface area (Å²) in [6, 6.07) is -0.0949. The molecule has 2 saturated carbocycles. The highest BCUT2D eigenvalue weighted by Gasteiger charge is 2.36. The second-order valence-corrected chi connectivity index (χ2v) is 5.21. The maximum atomic E-state index is 10.4. The zero-order chi connectivity index (χ0) is 13.8. The van der Waals surface area contributed by atoms with Crippen LogP contribution in [0.5, 0.6) is 0 Å². The summed E-state index contributed by atoms with van der Waals surface area (Å²) >= 11 is 0. The van der Waals surface area contributed by atoms with Gasteiger partial charge < -0.3 is 21.7 Å². The van der Waals surface area contributed by atoms with Gasteiger partial charge in [-0.2, -0.15) is 0 Å². The molecule has 2 atom stereocenters. The van der Waals surface area contributed by atoms with Crippen LogP contribution >= 0.6 is 0 Å². The number of hydrogen-bond donors (Lipinski definition) is 4. The van der Waals surface area contributed by atoms with E-state index in [1.54, 1.807) is 0 Å². The van der Waals surface area contributed by atoms with Crippen molar-refractivity contribution in [1.29, 1.82) is 0 Å². The Labute approximate surface area is 106 Å². The number of carboxylic acid groups (broad SMARTS) is 2. The van der Waals surface area contributed by atoms with Crippen molar-refractivity contribution in [3.63, 3.8) is 0 Å². The van der Waals surface area contributed by atoms with Crippen molar-refractivity contribution in [3.8, 4) is 0 Å². The Morgan fingerprint density at radius 3 is 1.83 bits per heavy atom. The van der Waals surface area contributed by atoms with Crippen molar-refractivity contribution < 1.29 is 19.8 Å². The van der Waals surface area contributed by atoms with Crippen LogP contribution in [0.3, 0.4) is 0 Å². The highest BCUT2D eigenvalue weighted by molar-refractivity contribution is 5.78. The number of carbonyl (C=O) groups is 2. The summed E-state index contributed by atoms with van der Waals surface area (Å²) < 4.78 is 0. The third-order valence-electron chi connectivity index (χ3n) is 3.81. The Balaban J connectivity index is 0.000000180. The molecular weight excluding hydrogens is 236 g/mol. The molecule has 0 amide bonds. The van der Waals surface area contributed by atoms with E-state index in [1.807, 2.05) is 0 Å². The van der Waals surface area contributed by atoms with Gasteiger partial charge in [-0.1, -0.05) is 19.3 Å². The molecule has 18 heavy (non-hydrogen) atoms. The molecule has 0 bridgehead atoms. The van der Waals surface area contributed by atoms with E-state index in [-0.39, 0.29) is 12.0 Å². The second kappa shape index (κ2) is 6.15. The van der Waals surface area contributed by atoms with Crippen LogP contribution in [0.2, 0.25) is 0 Å². The van der Waals surface area contributed by atoms with E-state index in [4.69, 9.17) is 21.7 Å². The Morgan fingerprint density at radius 2 is 1.61 bits per heavy atom. The van der Waals surface area contributed by atoms with Gasteiger partial charge in [0.2, 0.25) is 0 Å². The van der Waals surface area contributed by atoms with Crippen molar-refractivity contribution in [1.82, 2.24) is 0 Å². The first kappa shape index (κ1) is 14.9. The molecule has 2 aliphatic rings. The van der Waals surface area contributed by atoms with Gasteiger partial charge in [0.05, 0.1) is 5.92 Å². The fourth-order valence-electron chi connectivity index (χ4n) is 2.52. The fraction of sp³-hybridized carbons (Fsp3) is 0.833. The Kier molecular flexibility index (Phi) is 5.10. The van der Waals surface area contributed by atoms with Crippen molar-refractivity contribution in [2.75, 3.05) is 0 Å². The maximum absolute atomic E-state index is 10.4. The molecule has 0 aromatic heterocycles. The summed E-state index contributed by atoms with van der Waals surface area (Å²) in [6.07, 6.45) is 5.81. The van der Waals surface area contributed by atoms with Gasteiger partial charge >= 0.3 is 11.9 Å². The van der Waals surface area contributed by atoms with Gasteiger partial charge in [0.1, 0.15) is 5.54 Å². The van der Waals surface area contributed by atoms with Crippen LogP contribution in [0, 0.1) is 5.92 Å². The molecule has 0 spiro atoms. The van der Waals surface area contributed by atoms with Gasteiger partial charge in [-0.25, -0.2) is 0 Å². The Hall–Kier alpha value is -1.14. The monoisotopic (exact) mass is 258 g/mol. The van der Waals surface area contributed by atoms with Crippen molar-refractivity contribution in [3.05, 3.63) is 0 Å². The minimum atomic E-state index is -0.889. The average molecular weight is 258 g/mol. The first-order chi connectivity index (χ1) is 8.37. The van der Waals surface area contributed by atoms with Crippen LogP contribution in [0.1, 0.15) is 44.9 Å². The Bertz CT molecular complexity index is 313. The van der Waals surface area contributed by atoms with Crippen LogP contribution < -0.4 is 11.5 Å². The highest BCUT2D eigenvalue weighted by atomic mass is 16.4. The summed E-state index contributed by atoms with van der Waals surface area (Å²) in [4.78, 5) is 20.7. The van der Waals surface area contributed by atoms with E-state index in [0.29, 0.717) is 12.8 Å². The van der Waals surface area contributed by atoms with Gasteiger partial charge in [0.15, 0.2) is 0 Å². The molecule has 6 N–H and O–H groups in total. The van der Waals surface area contributed by atoms with Crippen LogP contribution in [0.4, 0.5) is 0 Å². The van der Waals surface area contributed by atoms with E-state index in [2.05, 4.69) is 0 Å². The van der Waals surface area contributed by atoms with E-state index < -0.39 is 17.5 Å². The predicted molar refractivity (Wildman–Crippen MR) is 66.0 cm³/mol. The van der Waals surface area contributed by atoms with E-state index in [9.17, 15) is 9.59 Å². The summed E-state index contributed by atoms with van der Waals surface area (Å²) in [5, 5.41) is 17.1. The second-order valence-electron chi connectivity index (χ2n) is 5.21. The van der Waals surface area contributed by atoms with Gasteiger partial charge in [-0.15, -0.1) is 0 Å². The molecule has 2 fully saturated rings. The average Bonchev–Trinajstić information content (AvgIpc) is 2.88. The largest absolute Gasteiger partial charge is 0.481 e. The lowest BCUT2D eigenvalue weighted by Gasteiger charge is -2.15. The van der Waals surface area contributed by atoms with Gasteiger partial charge in [0, 0.05) is 6.04 Å². The van der Waals surface area contributed by atoms with E-state index in [1.165, 1.54) is 0 Å². The molecule has 2 unspecified atom stereocenters. The minimum Gasteiger partial charge on any atom is -0.481 e. The highest BCUT2D eigenvalue weighted by Crippen LogP contribution is 2.26. The standard InChI is InChI=1S/2C6H11NO2/c7-6(5(8)9)3-1-2-4-6;7-5-3-1-2-4(5)6(8)9/h1-4,7H2,(H,8,9);4-5H,1-3,7H2,(H,8,9). The van der Waals surface area contributed by atoms with E-state index >= 15 is 0 Å². The fourth-order valence-corrected chi connectivity index (χ4v) is 2.52. The summed E-state index contributed by atoms with van der Waals surface area (Å²) in [5.41, 5.74) is 10.1. The number of carboxylic acids is 2. The van der Waals surface area contributed by atoms with Crippen LogP contribution in [0.15, 0.2) is 0 Å². The van der Waals surface area contributed by atoms with Gasteiger partial charge in [-0.05, 0) is 25.7 Å². The molecule has 0 saturated heterocycles. The molecule has 104 valence electrons. The first-order valence-electron chi connectivity index (χ1n) is 6.37. The number of aliphatic carboxylic acids is 2. The molecule has 0 aromatic rings. The SMILES string of the molecule is NC1(C(=O)O)CCCC1.NC1CCCC1C(=O)O. The summed E-state index contributed by atoms with van der Waals surface area (Å²) in [5.74, 6) is -1.86. The zero-order valence-electron chi connectivity index (χ0n) is 10.5. The van der Waals surface area contributed by atoms with Crippen molar-refractivity contribution in [2.24, 2.45) is 17.4 Å². The lowest BCUT2D eigenvalue weighted by Crippen LogP contribution is -2.44. The van der Waals surface area contributed by atoms with Crippen LogP contribution in [-0.2, 0) is 9.59 Å². The number of rotatable bonds is 2. The smallest absolute Gasteiger partial charge is 0.323 e. The zero-order valence-corrected chi connectivity index (χ0v) is 10.5. The molecular formula is C12H22N2O4. The molecule has 0 radical (unpaired) electrons. The minimum absolute atomic E-state index is 0.0949. The lowest BCUT2D eigenvalue weighted by atomic mass is 10.0. The Morgan fingerprint density at radius 1 is 1.06 bits per heavy atom. The number of nitrogens with two attached hydrogens (primary N) is 2. The van der Waals surface area contributed by atoms with Crippen LogP contribution in [-0.4, -0.2) is 33.7 Å². The van der Waals surface area contributed by atoms with Crippen LogP contribution in [0.25, 0.3) is 0 Å². The third-order valence-corrected chi connectivity index (χ3v) is 3.81. The van der Waals surface area contributed by atoms with Gasteiger partial charge in [0.25, 0.3) is 0 Å². The maximum Gasteiger partial charge on any atom is 0.323 e. The molecule has 2 aliphatic carbocycles. The van der Waals surface area contributed by atoms with Gasteiger partial charge in [-0.3, -0.25) is 9.59 Å². The number of hydrogen-bond acceptors (Lipinski definition) is 4. The summed E-state index contributed by atoms with van der Waals surface area (Å²) in [6.45, 7) is 0. The molecule has 6 nitrogen and oxygen atoms in total. The normalized spacial score (nSPS) is 29.4. The first-order valence-corrected chi connectivity index (χ1v) is 6.37. The lowest BCUT2D eigenvalue weighted by molar-refractivity contribution is -0.143. The molecule has 0 aliphatic heterocycles.